The number of anilines is 2. The Balaban J connectivity index is 1.48. The molecule has 8 heteroatoms. The fourth-order valence-electron chi connectivity index (χ4n) is 3.30. The summed E-state index contributed by atoms with van der Waals surface area (Å²) < 4.78 is 13.2. The number of aromatic nitrogens is 3. The molecule has 1 aliphatic heterocycles. The van der Waals surface area contributed by atoms with E-state index in [2.05, 4.69) is 20.3 Å². The van der Waals surface area contributed by atoms with Crippen LogP contribution in [0.15, 0.2) is 48.9 Å². The van der Waals surface area contributed by atoms with Crippen LogP contribution < -0.4 is 11.1 Å². The van der Waals surface area contributed by atoms with Crippen LogP contribution >= 0.6 is 0 Å². The average Bonchev–Trinajstić information content (AvgIpc) is 3.13. The second-order valence-electron chi connectivity index (χ2n) is 7.09. The van der Waals surface area contributed by atoms with Crippen molar-refractivity contribution < 1.29 is 9.18 Å². The number of nitrogens with two attached hydrogens (primary N) is 1. The van der Waals surface area contributed by atoms with Gasteiger partial charge in [-0.25, -0.2) is 14.2 Å². The maximum atomic E-state index is 13.2. The van der Waals surface area contributed by atoms with Crippen LogP contribution in [-0.4, -0.2) is 32.1 Å². The summed E-state index contributed by atoms with van der Waals surface area (Å²) in [5, 5.41) is 2.79. The topological polar surface area (TPSA) is 97.0 Å². The molecule has 0 aromatic carbocycles. The van der Waals surface area contributed by atoms with E-state index in [0.29, 0.717) is 36.0 Å². The fraction of sp³-hybridized carbons (Fsp3) is 0.238. The van der Waals surface area contributed by atoms with Gasteiger partial charge in [-0.1, -0.05) is 0 Å². The lowest BCUT2D eigenvalue weighted by atomic mass is 10.1. The number of urea groups is 1. The zero-order chi connectivity index (χ0) is 20.4. The minimum absolute atomic E-state index is 0.265. The van der Waals surface area contributed by atoms with Gasteiger partial charge < -0.3 is 10.6 Å². The largest absolute Gasteiger partial charge is 0.396 e. The molecule has 3 aromatic rings. The highest BCUT2D eigenvalue weighted by Crippen LogP contribution is 2.26. The Bertz CT molecular complexity index is 1040. The standard InChI is InChI=1S/C21H21FN6O/c1-13(22)7-17-8-15-11-28(12-16(15)10-25-17)21(29)27-20-18(23)4-5-19(26-20)14-3-2-6-24-9-14/h2-6,8-10,13H,7,11-12,23H2,1H3,(H,26,27,29). The quantitative estimate of drug-likeness (QED) is 0.707. The highest BCUT2D eigenvalue weighted by Gasteiger charge is 2.25. The molecule has 148 valence electrons. The number of carbonyl (C=O) groups is 1. The van der Waals surface area contributed by atoms with Crippen LogP contribution in [0.2, 0.25) is 0 Å². The van der Waals surface area contributed by atoms with Crippen molar-refractivity contribution in [2.24, 2.45) is 0 Å². The number of nitrogens with one attached hydrogen (secondary N) is 1. The Hall–Kier alpha value is -3.55. The highest BCUT2D eigenvalue weighted by atomic mass is 19.1. The molecule has 0 saturated carbocycles. The van der Waals surface area contributed by atoms with Crippen molar-refractivity contribution >= 4 is 17.5 Å². The fourth-order valence-corrected chi connectivity index (χ4v) is 3.30. The Morgan fingerprint density at radius 1 is 1.28 bits per heavy atom. The van der Waals surface area contributed by atoms with Crippen molar-refractivity contribution in [2.45, 2.75) is 32.6 Å². The maximum absolute atomic E-state index is 13.2. The van der Waals surface area contributed by atoms with Crippen LogP contribution in [0.5, 0.6) is 0 Å². The van der Waals surface area contributed by atoms with Gasteiger partial charge in [-0.15, -0.1) is 0 Å². The first-order valence-electron chi connectivity index (χ1n) is 9.33. The van der Waals surface area contributed by atoms with Gasteiger partial charge in [0, 0.05) is 49.4 Å². The van der Waals surface area contributed by atoms with E-state index >= 15 is 0 Å². The van der Waals surface area contributed by atoms with E-state index in [-0.39, 0.29) is 12.5 Å². The molecule has 1 atom stereocenters. The number of pyridine rings is 3. The molecule has 0 saturated heterocycles. The molecule has 0 bridgehead atoms. The number of hydrogen-bond donors (Lipinski definition) is 2. The average molecular weight is 392 g/mol. The predicted octanol–water partition coefficient (Wildman–Crippen LogP) is 3.57. The van der Waals surface area contributed by atoms with Gasteiger partial charge >= 0.3 is 6.03 Å². The molecule has 0 radical (unpaired) electrons. The van der Waals surface area contributed by atoms with E-state index in [1.807, 2.05) is 18.2 Å². The van der Waals surface area contributed by atoms with Gasteiger partial charge in [0.05, 0.1) is 11.4 Å². The van der Waals surface area contributed by atoms with Gasteiger partial charge in [-0.3, -0.25) is 15.3 Å². The normalized spacial score (nSPS) is 13.8. The summed E-state index contributed by atoms with van der Waals surface area (Å²) >= 11 is 0. The third kappa shape index (κ3) is 4.16. The number of hydrogen-bond acceptors (Lipinski definition) is 5. The van der Waals surface area contributed by atoms with Crippen molar-refractivity contribution in [2.75, 3.05) is 11.1 Å². The number of nitrogens with zero attached hydrogens (tertiary/aromatic N) is 4. The van der Waals surface area contributed by atoms with E-state index in [1.54, 1.807) is 35.6 Å². The Morgan fingerprint density at radius 2 is 2.10 bits per heavy atom. The molecule has 3 aromatic heterocycles. The number of carbonyl (C=O) groups excluding carboxylic acids is 1. The number of amides is 2. The first-order valence-corrected chi connectivity index (χ1v) is 9.33. The van der Waals surface area contributed by atoms with Crippen LogP contribution in [0, 0.1) is 0 Å². The first kappa shape index (κ1) is 18.8. The molecule has 7 nitrogen and oxygen atoms in total. The third-order valence-corrected chi connectivity index (χ3v) is 4.75. The van der Waals surface area contributed by atoms with Crippen LogP contribution in [0.1, 0.15) is 23.7 Å². The lowest BCUT2D eigenvalue weighted by Gasteiger charge is -2.17. The lowest BCUT2D eigenvalue weighted by Crippen LogP contribution is -2.30. The van der Waals surface area contributed by atoms with Crippen LogP contribution in [0.25, 0.3) is 11.3 Å². The molecule has 1 unspecified atom stereocenters. The summed E-state index contributed by atoms with van der Waals surface area (Å²) in [5.41, 5.74) is 10.5. The monoisotopic (exact) mass is 392 g/mol. The smallest absolute Gasteiger partial charge is 0.323 e. The highest BCUT2D eigenvalue weighted by molar-refractivity contribution is 5.92. The molecule has 4 rings (SSSR count). The summed E-state index contributed by atoms with van der Waals surface area (Å²) in [7, 11) is 0. The molecule has 3 N–H and O–H groups in total. The minimum Gasteiger partial charge on any atom is -0.396 e. The van der Waals surface area contributed by atoms with E-state index in [0.717, 1.165) is 16.7 Å². The summed E-state index contributed by atoms with van der Waals surface area (Å²) in [6.07, 6.45) is 4.41. The summed E-state index contributed by atoms with van der Waals surface area (Å²) in [4.78, 5) is 27.3. The van der Waals surface area contributed by atoms with E-state index in [4.69, 9.17) is 5.73 Å². The van der Waals surface area contributed by atoms with Gasteiger partial charge in [0.1, 0.15) is 6.17 Å². The van der Waals surface area contributed by atoms with Gasteiger partial charge in [0.2, 0.25) is 0 Å². The zero-order valence-electron chi connectivity index (χ0n) is 16.0. The summed E-state index contributed by atoms with van der Waals surface area (Å²) in [6.45, 7) is 2.37. The van der Waals surface area contributed by atoms with Crippen LogP contribution in [0.3, 0.4) is 0 Å². The Kier molecular flexibility index (Phi) is 5.07. The van der Waals surface area contributed by atoms with E-state index in [9.17, 15) is 9.18 Å². The predicted molar refractivity (Wildman–Crippen MR) is 109 cm³/mol. The van der Waals surface area contributed by atoms with Crippen molar-refractivity contribution in [3.8, 4) is 11.3 Å². The van der Waals surface area contributed by atoms with Crippen molar-refractivity contribution in [1.82, 2.24) is 19.9 Å². The second-order valence-corrected chi connectivity index (χ2v) is 7.09. The lowest BCUT2D eigenvalue weighted by molar-refractivity contribution is 0.212. The van der Waals surface area contributed by atoms with Gasteiger partial charge in [-0.2, -0.15) is 0 Å². The van der Waals surface area contributed by atoms with Crippen LogP contribution in [0.4, 0.5) is 20.7 Å². The number of nitrogen functional groups attached to an aromatic ring is 1. The van der Waals surface area contributed by atoms with Gasteiger partial charge in [0.15, 0.2) is 5.82 Å². The summed E-state index contributed by atoms with van der Waals surface area (Å²) in [5.74, 6) is 0.303. The van der Waals surface area contributed by atoms with Crippen molar-refractivity contribution in [3.05, 3.63) is 65.7 Å². The zero-order valence-corrected chi connectivity index (χ0v) is 16.0. The maximum Gasteiger partial charge on any atom is 0.323 e. The minimum atomic E-state index is -0.956. The molecule has 29 heavy (non-hydrogen) atoms. The second kappa shape index (κ2) is 7.83. The SMILES string of the molecule is CC(F)Cc1cc2c(cn1)CN(C(=O)Nc1nc(-c3cccnc3)ccc1N)C2. The molecule has 4 heterocycles. The molecule has 2 amide bonds. The molecule has 0 aliphatic carbocycles. The van der Waals surface area contributed by atoms with Crippen molar-refractivity contribution in [1.29, 1.82) is 0 Å². The molecule has 0 spiro atoms. The third-order valence-electron chi connectivity index (χ3n) is 4.75. The molecule has 0 fully saturated rings. The Morgan fingerprint density at radius 3 is 2.86 bits per heavy atom. The summed E-state index contributed by atoms with van der Waals surface area (Å²) in [6, 6.07) is 8.76. The van der Waals surface area contributed by atoms with E-state index in [1.165, 1.54) is 6.92 Å². The number of rotatable bonds is 4. The number of fused-ring (bicyclic) bond motifs is 1. The first-order chi connectivity index (χ1) is 14.0. The van der Waals surface area contributed by atoms with E-state index < -0.39 is 6.17 Å². The van der Waals surface area contributed by atoms with Crippen LogP contribution in [-0.2, 0) is 19.5 Å². The number of alkyl halides is 1. The molecular formula is C21H21FN6O. The molecular weight excluding hydrogens is 371 g/mol. The van der Waals surface area contributed by atoms with Crippen molar-refractivity contribution in [3.63, 3.8) is 0 Å². The number of halogens is 1. The Labute approximate surface area is 167 Å². The van der Waals surface area contributed by atoms with Gasteiger partial charge in [-0.05, 0) is 48.4 Å². The van der Waals surface area contributed by atoms with Gasteiger partial charge in [0.25, 0.3) is 0 Å². The molecule has 1 aliphatic rings.